The topological polar surface area (TPSA) is 30.5 Å². The molecule has 1 N–H and O–H groups in total. The quantitative estimate of drug-likeness (QED) is 0.864. The van der Waals surface area contributed by atoms with Gasteiger partial charge in [-0.1, -0.05) is 0 Å². The number of hydrogen-bond donors (Lipinski definition) is 1. The Hall–Kier alpha value is -1.20. The van der Waals surface area contributed by atoms with Crippen LogP contribution in [-0.4, -0.2) is 31.9 Å². The summed E-state index contributed by atoms with van der Waals surface area (Å²) in [4.78, 5) is 0. The first-order chi connectivity index (χ1) is 8.80. The molecule has 0 spiro atoms. The van der Waals surface area contributed by atoms with Gasteiger partial charge in [0.15, 0.2) is 0 Å². The van der Waals surface area contributed by atoms with Gasteiger partial charge in [-0.2, -0.15) is 0 Å². The predicted molar refractivity (Wildman–Crippen MR) is 70.4 cm³/mol. The van der Waals surface area contributed by atoms with E-state index in [9.17, 15) is 8.78 Å². The third-order valence-corrected chi connectivity index (χ3v) is 2.35. The fourth-order valence-corrected chi connectivity index (χ4v) is 1.53. The summed E-state index contributed by atoms with van der Waals surface area (Å²) in [6.45, 7) is 6.94. The monoisotopic (exact) mass is 273 g/mol. The second kappa shape index (κ2) is 6.82. The lowest BCUT2D eigenvalue weighted by Crippen LogP contribution is -2.44. The van der Waals surface area contributed by atoms with Crippen molar-refractivity contribution in [1.82, 2.24) is 5.32 Å². The van der Waals surface area contributed by atoms with E-state index >= 15 is 0 Å². The minimum atomic E-state index is -0.657. The molecule has 0 saturated carbocycles. The van der Waals surface area contributed by atoms with Crippen molar-refractivity contribution in [2.24, 2.45) is 0 Å². The molecule has 1 unspecified atom stereocenters. The van der Waals surface area contributed by atoms with Gasteiger partial charge < -0.3 is 14.8 Å². The van der Waals surface area contributed by atoms with Gasteiger partial charge in [0.2, 0.25) is 0 Å². The van der Waals surface area contributed by atoms with Crippen molar-refractivity contribution in [3.63, 3.8) is 0 Å². The van der Waals surface area contributed by atoms with Crippen molar-refractivity contribution in [3.8, 4) is 5.75 Å². The maximum absolute atomic E-state index is 13.1. The molecule has 3 nitrogen and oxygen atoms in total. The van der Waals surface area contributed by atoms with Crippen LogP contribution in [0.15, 0.2) is 18.2 Å². The Labute approximate surface area is 112 Å². The molecule has 108 valence electrons. The Morgan fingerprint density at radius 3 is 2.21 bits per heavy atom. The molecule has 0 saturated heterocycles. The van der Waals surface area contributed by atoms with Gasteiger partial charge in [-0.05, 0) is 20.8 Å². The highest BCUT2D eigenvalue weighted by Crippen LogP contribution is 2.17. The maximum atomic E-state index is 13.1. The van der Waals surface area contributed by atoms with Crippen LogP contribution in [0.4, 0.5) is 8.78 Å². The van der Waals surface area contributed by atoms with E-state index in [1.807, 2.05) is 20.8 Å². The van der Waals surface area contributed by atoms with Gasteiger partial charge in [0, 0.05) is 37.4 Å². The number of halogens is 2. The van der Waals surface area contributed by atoms with Crippen molar-refractivity contribution < 1.29 is 18.3 Å². The Morgan fingerprint density at radius 1 is 1.16 bits per heavy atom. The normalized spacial score (nSPS) is 13.4. The molecule has 0 amide bonds. The largest absolute Gasteiger partial charge is 0.486 e. The summed E-state index contributed by atoms with van der Waals surface area (Å²) < 4.78 is 36.7. The van der Waals surface area contributed by atoms with Crippen LogP contribution >= 0.6 is 0 Å². The van der Waals surface area contributed by atoms with E-state index in [1.54, 1.807) is 7.11 Å². The van der Waals surface area contributed by atoms with Crippen molar-refractivity contribution in [2.75, 3.05) is 20.3 Å². The Bertz CT molecular complexity index is 385. The van der Waals surface area contributed by atoms with Crippen LogP contribution in [0.2, 0.25) is 0 Å². The van der Waals surface area contributed by atoms with E-state index in [0.29, 0.717) is 13.2 Å². The summed E-state index contributed by atoms with van der Waals surface area (Å²) in [6.07, 6.45) is -0.314. The molecule has 1 aromatic rings. The molecule has 0 bridgehead atoms. The van der Waals surface area contributed by atoms with E-state index < -0.39 is 11.6 Å². The molecule has 5 heteroatoms. The molecule has 0 radical (unpaired) electrons. The fraction of sp³-hybridized carbons (Fsp3) is 0.571. The fourth-order valence-electron chi connectivity index (χ4n) is 1.53. The SMILES string of the molecule is COCC(CNC(C)(C)C)Oc1cc(F)cc(F)c1. The van der Waals surface area contributed by atoms with Gasteiger partial charge >= 0.3 is 0 Å². The summed E-state index contributed by atoms with van der Waals surface area (Å²) >= 11 is 0. The van der Waals surface area contributed by atoms with Crippen molar-refractivity contribution in [1.29, 1.82) is 0 Å². The molecule has 1 atom stereocenters. The number of ether oxygens (including phenoxy) is 2. The molecule has 0 aliphatic heterocycles. The summed E-state index contributed by atoms with van der Waals surface area (Å²) in [5.74, 6) is -1.15. The van der Waals surface area contributed by atoms with E-state index in [1.165, 1.54) is 0 Å². The lowest BCUT2D eigenvalue weighted by molar-refractivity contribution is 0.0760. The van der Waals surface area contributed by atoms with Crippen LogP contribution in [0.1, 0.15) is 20.8 Å². The van der Waals surface area contributed by atoms with Crippen LogP contribution in [0, 0.1) is 11.6 Å². The van der Waals surface area contributed by atoms with Crippen LogP contribution in [0.25, 0.3) is 0 Å². The first kappa shape index (κ1) is 15.9. The van der Waals surface area contributed by atoms with Crippen LogP contribution in [0.5, 0.6) is 5.75 Å². The smallest absolute Gasteiger partial charge is 0.134 e. The first-order valence-corrected chi connectivity index (χ1v) is 6.17. The van der Waals surface area contributed by atoms with E-state index in [4.69, 9.17) is 9.47 Å². The summed E-state index contributed by atoms with van der Waals surface area (Å²) in [7, 11) is 1.56. The highest BCUT2D eigenvalue weighted by atomic mass is 19.1. The molecular weight excluding hydrogens is 252 g/mol. The predicted octanol–water partition coefficient (Wildman–Crippen LogP) is 2.75. The molecule has 0 heterocycles. The third kappa shape index (κ3) is 6.50. The summed E-state index contributed by atoms with van der Waals surface area (Å²) in [5, 5.41) is 3.26. The number of hydrogen-bond acceptors (Lipinski definition) is 3. The van der Waals surface area contributed by atoms with Crippen molar-refractivity contribution in [3.05, 3.63) is 29.8 Å². The van der Waals surface area contributed by atoms with Crippen LogP contribution < -0.4 is 10.1 Å². The number of methoxy groups -OCH3 is 1. The lowest BCUT2D eigenvalue weighted by Gasteiger charge is -2.25. The molecule has 0 aliphatic carbocycles. The minimum absolute atomic E-state index is 0.0669. The number of rotatable bonds is 6. The zero-order valence-electron chi connectivity index (χ0n) is 11.8. The van der Waals surface area contributed by atoms with Gasteiger partial charge in [0.25, 0.3) is 0 Å². The van der Waals surface area contributed by atoms with Gasteiger partial charge in [-0.25, -0.2) is 8.78 Å². The Balaban J connectivity index is 2.66. The van der Waals surface area contributed by atoms with E-state index in [-0.39, 0.29) is 17.4 Å². The average Bonchev–Trinajstić information content (AvgIpc) is 2.23. The minimum Gasteiger partial charge on any atom is -0.486 e. The Morgan fingerprint density at radius 2 is 1.74 bits per heavy atom. The molecular formula is C14H21F2NO2. The van der Waals surface area contributed by atoms with Gasteiger partial charge in [-0.15, -0.1) is 0 Å². The lowest BCUT2D eigenvalue weighted by atomic mass is 10.1. The van der Waals surface area contributed by atoms with Gasteiger partial charge in [0.1, 0.15) is 23.5 Å². The van der Waals surface area contributed by atoms with Gasteiger partial charge in [-0.3, -0.25) is 0 Å². The van der Waals surface area contributed by atoms with Gasteiger partial charge in [0.05, 0.1) is 6.61 Å². The third-order valence-electron chi connectivity index (χ3n) is 2.35. The molecule has 1 rings (SSSR count). The first-order valence-electron chi connectivity index (χ1n) is 6.17. The average molecular weight is 273 g/mol. The zero-order valence-corrected chi connectivity index (χ0v) is 11.8. The summed E-state index contributed by atoms with van der Waals surface area (Å²) in [6, 6.07) is 3.12. The second-order valence-electron chi connectivity index (χ2n) is 5.43. The second-order valence-corrected chi connectivity index (χ2v) is 5.43. The Kier molecular flexibility index (Phi) is 5.69. The molecule has 1 aromatic carbocycles. The zero-order chi connectivity index (χ0) is 14.5. The number of nitrogens with one attached hydrogen (secondary N) is 1. The van der Waals surface area contributed by atoms with Crippen LogP contribution in [0.3, 0.4) is 0 Å². The van der Waals surface area contributed by atoms with E-state index in [2.05, 4.69) is 5.32 Å². The standard InChI is InChI=1S/C14H21F2NO2/c1-14(2,3)17-8-13(9-18-4)19-12-6-10(15)5-11(16)7-12/h5-7,13,17H,8-9H2,1-4H3. The van der Waals surface area contributed by atoms with Crippen molar-refractivity contribution >= 4 is 0 Å². The highest BCUT2D eigenvalue weighted by molar-refractivity contribution is 5.24. The maximum Gasteiger partial charge on any atom is 0.134 e. The number of benzene rings is 1. The van der Waals surface area contributed by atoms with Crippen molar-refractivity contribution in [2.45, 2.75) is 32.4 Å². The molecule has 0 aromatic heterocycles. The molecule has 0 aliphatic rings. The summed E-state index contributed by atoms with van der Waals surface area (Å²) in [5.41, 5.74) is -0.0669. The highest BCUT2D eigenvalue weighted by Gasteiger charge is 2.16. The molecule has 19 heavy (non-hydrogen) atoms. The molecule has 0 fully saturated rings. The van der Waals surface area contributed by atoms with Crippen LogP contribution in [-0.2, 0) is 4.74 Å². The van der Waals surface area contributed by atoms with E-state index in [0.717, 1.165) is 18.2 Å².